The van der Waals surface area contributed by atoms with Crippen LogP contribution in [0.4, 0.5) is 0 Å². The molecule has 24 nitrogen and oxygen atoms in total. The summed E-state index contributed by atoms with van der Waals surface area (Å²) in [5, 5.41) is 110. The van der Waals surface area contributed by atoms with Crippen molar-refractivity contribution in [1.29, 1.82) is 0 Å². The molecule has 91 heavy (non-hydrogen) atoms. The molecular weight excluding hydrogens is 1210 g/mol. The average Bonchev–Trinajstić information content (AvgIpc) is 0.788. The lowest BCUT2D eigenvalue weighted by Crippen LogP contribution is -2.69. The Morgan fingerprint density at radius 3 is 1.20 bits per heavy atom. The minimum Gasteiger partial charge on any atom is -0.463 e. The Balaban J connectivity index is 1.77. The van der Waals surface area contributed by atoms with E-state index in [1.165, 1.54) is 103 Å². The highest BCUT2D eigenvalue weighted by Gasteiger charge is 2.58. The van der Waals surface area contributed by atoms with Crippen LogP contribution < -0.4 is 0 Å². The average molecular weight is 1330 g/mol. The molecule has 1 aliphatic carbocycles. The number of unbranched alkanes of at least 4 members (excludes halogenated alkanes) is 30. The van der Waals surface area contributed by atoms with Gasteiger partial charge in [0.2, 0.25) is 0 Å². The van der Waals surface area contributed by atoms with Gasteiger partial charge in [0.05, 0.1) is 13.2 Å². The summed E-state index contributed by atoms with van der Waals surface area (Å²) in [5.41, 5.74) is 0. The molecule has 0 radical (unpaired) electrons. The van der Waals surface area contributed by atoms with Gasteiger partial charge in [-0.25, -0.2) is 4.57 Å². The Labute approximate surface area is 542 Å². The van der Waals surface area contributed by atoms with Gasteiger partial charge in [-0.05, 0) is 44.9 Å². The standard InChI is InChI=1S/C66H121O24P/c1-4-7-10-13-16-19-22-23-24-27-29-31-34-37-40-50(68)82-44-47(85-52(70)42-39-36-33-30-26-21-18-15-12-9-6-3)45-84-91(80,81)90-64-62(88-65-60(78)55(73)53(71)48(43-67)86-65)58(76)57(75)59(77)63(64)89-66-61(79)56(74)54(72)49(87-66)46-83-51(69)41-38-35-32-28-25-20-17-14-11-8-5-2/h24,27,47-49,53-67,71-79H,4-23,25-26,28-46H2,1-3H3,(H,80,81)/b27-24-. The third-order valence-electron chi connectivity index (χ3n) is 17.3. The molecule has 1 saturated carbocycles. The second-order valence-corrected chi connectivity index (χ2v) is 26.7. The van der Waals surface area contributed by atoms with Crippen LogP contribution in [-0.4, -0.2) is 204 Å². The first-order valence-electron chi connectivity index (χ1n) is 35.0. The lowest BCUT2D eigenvalue weighted by Gasteiger charge is -2.49. The molecule has 11 N–H and O–H groups in total. The van der Waals surface area contributed by atoms with Crippen LogP contribution in [0.3, 0.4) is 0 Å². The summed E-state index contributed by atoms with van der Waals surface area (Å²) >= 11 is 0. The Kier molecular flexibility index (Phi) is 44.9. The van der Waals surface area contributed by atoms with Crippen LogP contribution in [0, 0.1) is 0 Å². The van der Waals surface area contributed by atoms with Crippen molar-refractivity contribution in [2.75, 3.05) is 26.4 Å². The highest BCUT2D eigenvalue weighted by Crippen LogP contribution is 2.49. The highest BCUT2D eigenvalue weighted by molar-refractivity contribution is 7.47. The summed E-state index contributed by atoms with van der Waals surface area (Å²) < 4.78 is 64.7. The fourth-order valence-corrected chi connectivity index (χ4v) is 12.5. The van der Waals surface area contributed by atoms with Crippen molar-refractivity contribution in [1.82, 2.24) is 0 Å². The largest absolute Gasteiger partial charge is 0.472 e. The van der Waals surface area contributed by atoms with E-state index in [1.807, 2.05) is 0 Å². The molecule has 2 heterocycles. The van der Waals surface area contributed by atoms with Gasteiger partial charge in [0.25, 0.3) is 0 Å². The zero-order chi connectivity index (χ0) is 66.8. The number of rotatable bonds is 53. The number of ether oxygens (including phenoxy) is 7. The molecule has 534 valence electrons. The van der Waals surface area contributed by atoms with Crippen LogP contribution >= 0.6 is 7.82 Å². The third-order valence-corrected chi connectivity index (χ3v) is 18.3. The van der Waals surface area contributed by atoms with E-state index in [-0.39, 0.29) is 19.3 Å². The number of aliphatic hydroxyl groups excluding tert-OH is 10. The maximum atomic E-state index is 14.3. The van der Waals surface area contributed by atoms with E-state index < -0.39 is 156 Å². The zero-order valence-corrected chi connectivity index (χ0v) is 56.0. The van der Waals surface area contributed by atoms with E-state index in [9.17, 15) is 74.9 Å². The SMILES string of the molecule is CCCCCCCCC/C=C\CCCCCC(=O)OCC(COP(=O)(O)OC1C(OC2OC(CO)C(O)C(O)C2O)C(O)C(O)C(O)C1OC1OC(COC(=O)CCCCCCCCCCCCC)C(O)C(O)C1O)OC(=O)CCCCCCCCCCCCC. The third kappa shape index (κ3) is 33.5. The van der Waals surface area contributed by atoms with Crippen molar-refractivity contribution in [3.63, 3.8) is 0 Å². The van der Waals surface area contributed by atoms with Gasteiger partial charge in [0, 0.05) is 19.3 Å². The maximum Gasteiger partial charge on any atom is 0.472 e. The van der Waals surface area contributed by atoms with Gasteiger partial charge in [-0.15, -0.1) is 0 Å². The van der Waals surface area contributed by atoms with Gasteiger partial charge < -0.3 is 89.1 Å². The molecule has 3 rings (SSSR count). The molecule has 0 amide bonds. The topological polar surface area (TPSA) is 374 Å². The maximum absolute atomic E-state index is 14.3. The summed E-state index contributed by atoms with van der Waals surface area (Å²) in [6, 6.07) is 0. The molecular formula is C66H121O24P. The number of hydrogen-bond acceptors (Lipinski definition) is 23. The van der Waals surface area contributed by atoms with E-state index >= 15 is 0 Å². The van der Waals surface area contributed by atoms with Crippen molar-refractivity contribution < 1.29 is 117 Å². The first kappa shape index (κ1) is 82.9. The molecule has 3 fully saturated rings. The van der Waals surface area contributed by atoms with Gasteiger partial charge in [0.15, 0.2) is 18.7 Å². The van der Waals surface area contributed by atoms with Crippen molar-refractivity contribution in [2.45, 2.75) is 362 Å². The molecule has 18 unspecified atom stereocenters. The van der Waals surface area contributed by atoms with Gasteiger partial charge in [-0.1, -0.05) is 206 Å². The van der Waals surface area contributed by atoms with Crippen LogP contribution in [0.15, 0.2) is 12.2 Å². The predicted octanol–water partition coefficient (Wildman–Crippen LogP) is 8.01. The monoisotopic (exact) mass is 1330 g/mol. The summed E-state index contributed by atoms with van der Waals surface area (Å²) in [5.74, 6) is -2.01. The number of aliphatic hydroxyl groups is 10. The molecule has 18 atom stereocenters. The van der Waals surface area contributed by atoms with Crippen LogP contribution in [0.5, 0.6) is 0 Å². The lowest BCUT2D eigenvalue weighted by molar-refractivity contribution is -0.360. The number of hydrogen-bond donors (Lipinski definition) is 11. The quantitative estimate of drug-likeness (QED) is 0.00902. The van der Waals surface area contributed by atoms with E-state index in [0.29, 0.717) is 19.3 Å². The Bertz CT molecular complexity index is 1950. The minimum atomic E-state index is -5.69. The second-order valence-electron chi connectivity index (χ2n) is 25.2. The second kappa shape index (κ2) is 49.2. The molecule has 0 aromatic rings. The molecule has 2 saturated heterocycles. The Hall–Kier alpha value is -2.30. The first-order chi connectivity index (χ1) is 43.8. The number of phosphoric acid groups is 1. The normalized spacial score (nSPS) is 28.9. The lowest BCUT2D eigenvalue weighted by atomic mass is 9.84. The van der Waals surface area contributed by atoms with Crippen molar-refractivity contribution in [2.24, 2.45) is 0 Å². The number of carbonyl (C=O) groups excluding carboxylic acids is 3. The van der Waals surface area contributed by atoms with Gasteiger partial charge >= 0.3 is 25.7 Å². The number of allylic oxidation sites excluding steroid dienone is 2. The fourth-order valence-electron chi connectivity index (χ4n) is 11.5. The zero-order valence-electron chi connectivity index (χ0n) is 55.1. The van der Waals surface area contributed by atoms with E-state index in [4.69, 9.17) is 42.2 Å². The molecule has 0 aromatic carbocycles. The summed E-state index contributed by atoms with van der Waals surface area (Å²) in [7, 11) is -5.69. The number of carbonyl (C=O) groups is 3. The van der Waals surface area contributed by atoms with Crippen LogP contribution in [0.1, 0.15) is 258 Å². The minimum absolute atomic E-state index is 0.0276. The Morgan fingerprint density at radius 1 is 0.418 bits per heavy atom. The highest BCUT2D eigenvalue weighted by atomic mass is 31.2. The molecule has 0 spiro atoms. The molecule has 2 aliphatic heterocycles. The first-order valence-corrected chi connectivity index (χ1v) is 36.5. The molecule has 0 aromatic heterocycles. The fraction of sp³-hybridized carbons (Fsp3) is 0.924. The van der Waals surface area contributed by atoms with Gasteiger partial charge in [-0.2, -0.15) is 0 Å². The smallest absolute Gasteiger partial charge is 0.463 e. The van der Waals surface area contributed by atoms with E-state index in [1.54, 1.807) is 0 Å². The molecule has 25 heteroatoms. The van der Waals surface area contributed by atoms with Gasteiger partial charge in [0.1, 0.15) is 98.7 Å². The van der Waals surface area contributed by atoms with Crippen molar-refractivity contribution in [3.8, 4) is 0 Å². The van der Waals surface area contributed by atoms with Crippen molar-refractivity contribution >= 4 is 25.7 Å². The summed E-state index contributed by atoms with van der Waals surface area (Å²) in [6.07, 6.45) is 4.73. The van der Waals surface area contributed by atoms with Crippen LogP contribution in [0.2, 0.25) is 0 Å². The predicted molar refractivity (Wildman–Crippen MR) is 338 cm³/mol. The molecule has 3 aliphatic rings. The molecule has 0 bridgehead atoms. The van der Waals surface area contributed by atoms with Crippen molar-refractivity contribution in [3.05, 3.63) is 12.2 Å². The Morgan fingerprint density at radius 2 is 0.769 bits per heavy atom. The summed E-state index contributed by atoms with van der Waals surface area (Å²) in [6.45, 7) is 3.37. The summed E-state index contributed by atoms with van der Waals surface area (Å²) in [4.78, 5) is 50.7. The number of esters is 3. The van der Waals surface area contributed by atoms with Crippen LogP contribution in [0.25, 0.3) is 0 Å². The number of phosphoric ester groups is 1. The van der Waals surface area contributed by atoms with Gasteiger partial charge in [-0.3, -0.25) is 23.4 Å². The van der Waals surface area contributed by atoms with E-state index in [2.05, 4.69) is 32.9 Å². The van der Waals surface area contributed by atoms with E-state index in [0.717, 1.165) is 96.3 Å². The van der Waals surface area contributed by atoms with Crippen LogP contribution in [-0.2, 0) is 61.2 Å².